The number of hydrogen-bond acceptors (Lipinski definition) is 4. The fraction of sp³-hybridized carbons (Fsp3) is 0.429. The first-order valence-corrected chi connectivity index (χ1v) is 4.00. The topological polar surface area (TPSA) is 46.0 Å². The van der Waals surface area contributed by atoms with Crippen LogP contribution in [0.15, 0.2) is 0 Å². The first-order valence-electron chi connectivity index (χ1n) is 3.18. The molecular weight excluding hydrogens is 160 g/mol. The van der Waals surface area contributed by atoms with Crippen LogP contribution in [0.3, 0.4) is 0 Å². The summed E-state index contributed by atoms with van der Waals surface area (Å²) in [6.45, 7) is 3.48. The molecule has 0 aliphatic heterocycles. The van der Waals surface area contributed by atoms with Crippen LogP contribution in [0.25, 0.3) is 0 Å². The van der Waals surface area contributed by atoms with Gasteiger partial charge in [-0.25, -0.2) is 0 Å². The van der Waals surface area contributed by atoms with E-state index >= 15 is 0 Å². The van der Waals surface area contributed by atoms with Gasteiger partial charge in [-0.2, -0.15) is 0 Å². The SMILES string of the molecule is Cc1nnc(C#CC(C)O)s1. The van der Waals surface area contributed by atoms with Crippen molar-refractivity contribution in [2.75, 3.05) is 0 Å². The van der Waals surface area contributed by atoms with Crippen molar-refractivity contribution in [3.8, 4) is 11.8 Å². The van der Waals surface area contributed by atoms with E-state index in [0.717, 1.165) is 5.01 Å². The highest BCUT2D eigenvalue weighted by Crippen LogP contribution is 2.05. The van der Waals surface area contributed by atoms with E-state index in [2.05, 4.69) is 22.0 Å². The molecule has 0 spiro atoms. The van der Waals surface area contributed by atoms with E-state index in [0.29, 0.717) is 5.01 Å². The highest BCUT2D eigenvalue weighted by atomic mass is 32.1. The zero-order chi connectivity index (χ0) is 8.27. The Kier molecular flexibility index (Phi) is 2.58. The standard InChI is InChI=1S/C7H8N2OS/c1-5(10)3-4-7-9-8-6(2)11-7/h5,10H,1-2H3. The summed E-state index contributed by atoms with van der Waals surface area (Å²) >= 11 is 1.42. The molecule has 4 heteroatoms. The summed E-state index contributed by atoms with van der Waals surface area (Å²) in [6, 6.07) is 0. The second-order valence-corrected chi connectivity index (χ2v) is 3.25. The second kappa shape index (κ2) is 3.46. The third kappa shape index (κ3) is 2.66. The van der Waals surface area contributed by atoms with Gasteiger partial charge in [-0.05, 0) is 19.8 Å². The maximum atomic E-state index is 8.80. The van der Waals surface area contributed by atoms with Gasteiger partial charge in [0.2, 0.25) is 0 Å². The summed E-state index contributed by atoms with van der Waals surface area (Å²) in [5.74, 6) is 5.30. The van der Waals surface area contributed by atoms with E-state index in [4.69, 9.17) is 5.11 Å². The van der Waals surface area contributed by atoms with Gasteiger partial charge in [0.1, 0.15) is 11.1 Å². The van der Waals surface area contributed by atoms with E-state index in [1.807, 2.05) is 6.92 Å². The van der Waals surface area contributed by atoms with Crippen molar-refractivity contribution in [1.82, 2.24) is 10.2 Å². The molecule has 0 aliphatic rings. The predicted molar refractivity (Wildman–Crippen MR) is 43.2 cm³/mol. The van der Waals surface area contributed by atoms with Crippen LogP contribution in [0, 0.1) is 18.8 Å². The molecule has 1 N–H and O–H groups in total. The summed E-state index contributed by atoms with van der Waals surface area (Å²) in [5.41, 5.74) is 0. The lowest BCUT2D eigenvalue weighted by molar-refractivity contribution is 0.253. The van der Waals surface area contributed by atoms with Crippen LogP contribution >= 0.6 is 11.3 Å². The van der Waals surface area contributed by atoms with Crippen molar-refractivity contribution < 1.29 is 5.11 Å². The molecule has 1 aromatic rings. The van der Waals surface area contributed by atoms with Crippen molar-refractivity contribution in [1.29, 1.82) is 0 Å². The van der Waals surface area contributed by atoms with Crippen LogP contribution in [0.5, 0.6) is 0 Å². The number of aliphatic hydroxyl groups excluding tert-OH is 1. The molecule has 1 unspecified atom stereocenters. The fourth-order valence-corrected chi connectivity index (χ4v) is 1.07. The molecule has 0 amide bonds. The third-order valence-electron chi connectivity index (χ3n) is 0.914. The van der Waals surface area contributed by atoms with Gasteiger partial charge < -0.3 is 5.11 Å². The minimum absolute atomic E-state index is 0.598. The quantitative estimate of drug-likeness (QED) is 0.576. The van der Waals surface area contributed by atoms with Crippen LogP contribution in [0.4, 0.5) is 0 Å². The van der Waals surface area contributed by atoms with Crippen molar-refractivity contribution >= 4 is 11.3 Å². The number of aliphatic hydroxyl groups is 1. The van der Waals surface area contributed by atoms with Crippen LogP contribution in [-0.2, 0) is 0 Å². The Hall–Kier alpha value is -0.920. The Morgan fingerprint density at radius 3 is 2.73 bits per heavy atom. The summed E-state index contributed by atoms with van der Waals surface area (Å²) in [5, 5.41) is 17.9. The Morgan fingerprint density at radius 2 is 2.27 bits per heavy atom. The van der Waals surface area contributed by atoms with Gasteiger partial charge in [-0.15, -0.1) is 10.2 Å². The number of nitrogens with zero attached hydrogens (tertiary/aromatic N) is 2. The number of aromatic nitrogens is 2. The van der Waals surface area contributed by atoms with E-state index in [1.54, 1.807) is 6.92 Å². The van der Waals surface area contributed by atoms with E-state index in [9.17, 15) is 0 Å². The highest BCUT2D eigenvalue weighted by molar-refractivity contribution is 7.11. The predicted octanol–water partition coefficient (Wildman–Crippen LogP) is 0.579. The van der Waals surface area contributed by atoms with E-state index in [1.165, 1.54) is 11.3 Å². The molecule has 0 radical (unpaired) electrons. The van der Waals surface area contributed by atoms with Crippen LogP contribution in [0.1, 0.15) is 16.9 Å². The molecule has 0 aromatic carbocycles. The van der Waals surface area contributed by atoms with Crippen LogP contribution < -0.4 is 0 Å². The smallest absolute Gasteiger partial charge is 0.191 e. The Balaban J connectivity index is 2.74. The summed E-state index contributed by atoms with van der Waals surface area (Å²) in [6.07, 6.45) is -0.598. The lowest BCUT2D eigenvalue weighted by atomic mass is 10.4. The van der Waals surface area contributed by atoms with Gasteiger partial charge in [0.05, 0.1) is 0 Å². The minimum Gasteiger partial charge on any atom is -0.381 e. The maximum absolute atomic E-state index is 8.80. The normalized spacial score (nSPS) is 11.9. The molecule has 0 aliphatic carbocycles. The molecular formula is C7H8N2OS. The molecule has 0 bridgehead atoms. The minimum atomic E-state index is -0.598. The molecule has 0 fully saturated rings. The van der Waals surface area contributed by atoms with Gasteiger partial charge in [0, 0.05) is 0 Å². The van der Waals surface area contributed by atoms with Crippen LogP contribution in [0.2, 0.25) is 0 Å². The van der Waals surface area contributed by atoms with Crippen LogP contribution in [-0.4, -0.2) is 21.4 Å². The van der Waals surface area contributed by atoms with E-state index < -0.39 is 6.10 Å². The average molecular weight is 168 g/mol. The summed E-state index contributed by atoms with van der Waals surface area (Å²) in [4.78, 5) is 0. The van der Waals surface area contributed by atoms with Crippen molar-refractivity contribution in [2.24, 2.45) is 0 Å². The summed E-state index contributed by atoms with van der Waals surface area (Å²) in [7, 11) is 0. The van der Waals surface area contributed by atoms with Gasteiger partial charge >= 0.3 is 0 Å². The number of aryl methyl sites for hydroxylation is 1. The first-order chi connectivity index (χ1) is 5.18. The fourth-order valence-electron chi connectivity index (χ4n) is 0.513. The Morgan fingerprint density at radius 1 is 1.55 bits per heavy atom. The van der Waals surface area contributed by atoms with Gasteiger partial charge in [0.15, 0.2) is 5.01 Å². The van der Waals surface area contributed by atoms with Gasteiger partial charge in [0.25, 0.3) is 0 Å². The maximum Gasteiger partial charge on any atom is 0.191 e. The molecule has 58 valence electrons. The molecule has 3 nitrogen and oxygen atoms in total. The lowest BCUT2D eigenvalue weighted by Crippen LogP contribution is -1.92. The van der Waals surface area contributed by atoms with E-state index in [-0.39, 0.29) is 0 Å². The van der Waals surface area contributed by atoms with Crippen molar-refractivity contribution in [3.05, 3.63) is 10.0 Å². The molecule has 0 saturated heterocycles. The average Bonchev–Trinajstić information content (AvgIpc) is 2.31. The van der Waals surface area contributed by atoms with Gasteiger partial charge in [-0.1, -0.05) is 17.3 Å². The lowest BCUT2D eigenvalue weighted by Gasteiger charge is -1.84. The first kappa shape index (κ1) is 8.18. The second-order valence-electron chi connectivity index (χ2n) is 2.07. The van der Waals surface area contributed by atoms with Gasteiger partial charge in [-0.3, -0.25) is 0 Å². The van der Waals surface area contributed by atoms with Crippen molar-refractivity contribution in [2.45, 2.75) is 20.0 Å². The Labute approximate surface area is 69.1 Å². The molecule has 0 saturated carbocycles. The number of hydrogen-bond donors (Lipinski definition) is 1. The highest BCUT2D eigenvalue weighted by Gasteiger charge is 1.94. The third-order valence-corrected chi connectivity index (χ3v) is 1.67. The zero-order valence-electron chi connectivity index (χ0n) is 6.33. The molecule has 1 aromatic heterocycles. The zero-order valence-corrected chi connectivity index (χ0v) is 7.14. The monoisotopic (exact) mass is 168 g/mol. The molecule has 1 atom stereocenters. The summed E-state index contributed by atoms with van der Waals surface area (Å²) < 4.78 is 0. The largest absolute Gasteiger partial charge is 0.381 e. The molecule has 1 heterocycles. The molecule has 1 rings (SSSR count). The molecule has 11 heavy (non-hydrogen) atoms. The number of rotatable bonds is 0. The Bertz CT molecular complexity index is 295. The van der Waals surface area contributed by atoms with Crippen molar-refractivity contribution in [3.63, 3.8) is 0 Å².